The molecule has 7 nitrogen and oxygen atoms in total. The van der Waals surface area contributed by atoms with E-state index in [4.69, 9.17) is 0 Å². The van der Waals surface area contributed by atoms with Crippen molar-refractivity contribution < 1.29 is 18.0 Å². The number of nitrogens with zero attached hydrogens (tertiary/aromatic N) is 2. The maximum absolute atomic E-state index is 14.0. The van der Waals surface area contributed by atoms with E-state index < -0.39 is 16.1 Å². The van der Waals surface area contributed by atoms with Crippen molar-refractivity contribution in [2.24, 2.45) is 0 Å². The van der Waals surface area contributed by atoms with Crippen LogP contribution < -0.4 is 9.62 Å². The minimum atomic E-state index is -3.56. The Kier molecular flexibility index (Phi) is 10.8. The van der Waals surface area contributed by atoms with E-state index in [2.05, 4.69) is 5.32 Å². The minimum absolute atomic E-state index is 0.117. The number of anilines is 1. The van der Waals surface area contributed by atoms with Crippen molar-refractivity contribution in [2.75, 3.05) is 17.1 Å². The van der Waals surface area contributed by atoms with Gasteiger partial charge in [0.15, 0.2) is 0 Å². The van der Waals surface area contributed by atoms with Gasteiger partial charge in [-0.15, -0.1) is 0 Å². The predicted molar refractivity (Wildman–Crippen MR) is 169 cm³/mol. The first-order valence-corrected chi connectivity index (χ1v) is 16.7. The van der Waals surface area contributed by atoms with E-state index in [1.54, 1.807) is 4.90 Å². The Morgan fingerprint density at radius 1 is 0.905 bits per heavy atom. The maximum Gasteiger partial charge on any atom is 0.243 e. The molecule has 3 aromatic carbocycles. The smallest absolute Gasteiger partial charge is 0.243 e. The van der Waals surface area contributed by atoms with Crippen molar-refractivity contribution >= 4 is 27.5 Å². The van der Waals surface area contributed by atoms with Crippen molar-refractivity contribution in [1.82, 2.24) is 10.2 Å². The van der Waals surface area contributed by atoms with Crippen LogP contribution in [-0.2, 0) is 32.6 Å². The van der Waals surface area contributed by atoms with Crippen LogP contribution in [0.1, 0.15) is 60.8 Å². The van der Waals surface area contributed by atoms with Gasteiger partial charge in [0.1, 0.15) is 6.04 Å². The van der Waals surface area contributed by atoms with Crippen molar-refractivity contribution in [1.29, 1.82) is 0 Å². The summed E-state index contributed by atoms with van der Waals surface area (Å²) in [5.74, 6) is -0.307. The molecular formula is C34H43N3O4S. The second kappa shape index (κ2) is 14.5. The summed E-state index contributed by atoms with van der Waals surface area (Å²) in [6, 6.07) is 24.7. The molecule has 1 aliphatic carbocycles. The number of hydrogen-bond donors (Lipinski definition) is 1. The van der Waals surface area contributed by atoms with E-state index in [1.165, 1.54) is 10.6 Å². The van der Waals surface area contributed by atoms with Crippen LogP contribution in [-0.4, -0.2) is 50.0 Å². The van der Waals surface area contributed by atoms with Crippen LogP contribution in [0.4, 0.5) is 5.69 Å². The lowest BCUT2D eigenvalue weighted by molar-refractivity contribution is -0.141. The lowest BCUT2D eigenvalue weighted by atomic mass is 10.0. The standard InChI is InChI=1S/C34H43N3O4S/c1-26-20-21-27(2)31(23-26)37(42(3,40)41)22-12-19-33(38)36(25-29-15-8-5-9-16-29)32(24-28-13-6-4-7-14-28)34(39)35-30-17-10-11-18-30/h4-9,13-16,20-21,23,30,32H,10-12,17-19,22,24-25H2,1-3H3,(H,35,39)/t32-/m1/s1. The molecule has 1 saturated carbocycles. The summed E-state index contributed by atoms with van der Waals surface area (Å²) in [7, 11) is -3.56. The fraction of sp³-hybridized carbons (Fsp3) is 0.412. The molecule has 0 radical (unpaired) electrons. The molecule has 1 aliphatic rings. The van der Waals surface area contributed by atoms with Gasteiger partial charge in [-0.1, -0.05) is 85.6 Å². The molecule has 1 atom stereocenters. The van der Waals surface area contributed by atoms with Crippen molar-refractivity contribution in [2.45, 2.75) is 77.4 Å². The minimum Gasteiger partial charge on any atom is -0.352 e. The first kappa shape index (κ1) is 31.3. The third-order valence-electron chi connectivity index (χ3n) is 7.95. The van der Waals surface area contributed by atoms with Gasteiger partial charge in [0.25, 0.3) is 0 Å². The topological polar surface area (TPSA) is 86.8 Å². The highest BCUT2D eigenvalue weighted by Gasteiger charge is 2.32. The Hall–Kier alpha value is -3.65. The summed E-state index contributed by atoms with van der Waals surface area (Å²) in [5.41, 5.74) is 4.36. The van der Waals surface area contributed by atoms with Gasteiger partial charge in [0.05, 0.1) is 11.9 Å². The van der Waals surface area contributed by atoms with Gasteiger partial charge < -0.3 is 10.2 Å². The lowest BCUT2D eigenvalue weighted by Gasteiger charge is -2.33. The molecule has 3 aromatic rings. The molecule has 0 aromatic heterocycles. The van der Waals surface area contributed by atoms with Crippen LogP contribution in [0.3, 0.4) is 0 Å². The monoisotopic (exact) mass is 589 g/mol. The summed E-state index contributed by atoms with van der Waals surface area (Å²) >= 11 is 0. The Labute approximate surface area is 251 Å². The largest absolute Gasteiger partial charge is 0.352 e. The third-order valence-corrected chi connectivity index (χ3v) is 9.13. The van der Waals surface area contributed by atoms with E-state index in [-0.39, 0.29) is 30.8 Å². The fourth-order valence-electron chi connectivity index (χ4n) is 5.67. The number of amides is 2. The Balaban J connectivity index is 1.58. The lowest BCUT2D eigenvalue weighted by Crippen LogP contribution is -2.52. The average molecular weight is 590 g/mol. The van der Waals surface area contributed by atoms with Crippen LogP contribution in [0.25, 0.3) is 0 Å². The molecule has 224 valence electrons. The SMILES string of the molecule is Cc1ccc(C)c(N(CCCC(=O)N(Cc2ccccc2)[C@H](Cc2ccccc2)C(=O)NC2CCCC2)S(C)(=O)=O)c1. The zero-order chi connectivity index (χ0) is 30.1. The number of aryl methyl sites for hydroxylation is 2. The summed E-state index contributed by atoms with van der Waals surface area (Å²) in [5, 5.41) is 3.23. The summed E-state index contributed by atoms with van der Waals surface area (Å²) in [4.78, 5) is 29.5. The molecule has 8 heteroatoms. The van der Waals surface area contributed by atoms with Crippen LogP contribution in [0.5, 0.6) is 0 Å². The quantitative estimate of drug-likeness (QED) is 0.283. The first-order chi connectivity index (χ1) is 20.1. The van der Waals surface area contributed by atoms with E-state index in [1.807, 2.05) is 92.7 Å². The third kappa shape index (κ3) is 8.68. The Bertz CT molecular complexity index is 1440. The second-order valence-corrected chi connectivity index (χ2v) is 13.3. The van der Waals surface area contributed by atoms with Crippen LogP contribution >= 0.6 is 0 Å². The molecule has 1 N–H and O–H groups in total. The normalized spacial score (nSPS) is 14.4. The zero-order valence-electron chi connectivity index (χ0n) is 25.0. The predicted octanol–water partition coefficient (Wildman–Crippen LogP) is 5.55. The van der Waals surface area contributed by atoms with Gasteiger partial charge in [-0.05, 0) is 61.4 Å². The zero-order valence-corrected chi connectivity index (χ0v) is 25.8. The molecule has 0 heterocycles. The molecule has 0 unspecified atom stereocenters. The number of hydrogen-bond acceptors (Lipinski definition) is 4. The highest BCUT2D eigenvalue weighted by Crippen LogP contribution is 2.25. The molecule has 1 fully saturated rings. The second-order valence-electron chi connectivity index (χ2n) is 11.4. The summed E-state index contributed by atoms with van der Waals surface area (Å²) < 4.78 is 27.0. The summed E-state index contributed by atoms with van der Waals surface area (Å²) in [6.45, 7) is 4.28. The summed E-state index contributed by atoms with van der Waals surface area (Å²) in [6.07, 6.45) is 6.14. The van der Waals surface area contributed by atoms with E-state index in [9.17, 15) is 18.0 Å². The number of sulfonamides is 1. The Morgan fingerprint density at radius 2 is 1.52 bits per heavy atom. The van der Waals surface area contributed by atoms with E-state index in [0.29, 0.717) is 25.1 Å². The Morgan fingerprint density at radius 3 is 2.14 bits per heavy atom. The molecule has 0 saturated heterocycles. The molecular weight excluding hydrogens is 546 g/mol. The van der Waals surface area contributed by atoms with Crippen LogP contribution in [0.2, 0.25) is 0 Å². The average Bonchev–Trinajstić information content (AvgIpc) is 3.48. The van der Waals surface area contributed by atoms with E-state index >= 15 is 0 Å². The van der Waals surface area contributed by atoms with Gasteiger partial charge in [-0.2, -0.15) is 0 Å². The number of carbonyl (C=O) groups is 2. The molecule has 42 heavy (non-hydrogen) atoms. The van der Waals surface area contributed by atoms with Gasteiger partial charge >= 0.3 is 0 Å². The fourth-order valence-corrected chi connectivity index (χ4v) is 6.69. The molecule has 4 rings (SSSR count). The number of nitrogens with one attached hydrogen (secondary N) is 1. The van der Waals surface area contributed by atoms with Crippen LogP contribution in [0, 0.1) is 13.8 Å². The van der Waals surface area contributed by atoms with Crippen molar-refractivity contribution in [3.8, 4) is 0 Å². The van der Waals surface area contributed by atoms with E-state index in [0.717, 1.165) is 47.9 Å². The maximum atomic E-state index is 14.0. The number of carbonyl (C=O) groups excluding carboxylic acids is 2. The molecule has 2 amide bonds. The molecule has 0 aliphatic heterocycles. The molecule has 0 bridgehead atoms. The first-order valence-electron chi connectivity index (χ1n) is 14.8. The van der Waals surface area contributed by atoms with Gasteiger partial charge in [0.2, 0.25) is 21.8 Å². The van der Waals surface area contributed by atoms with Crippen LogP contribution in [0.15, 0.2) is 78.9 Å². The highest BCUT2D eigenvalue weighted by molar-refractivity contribution is 7.92. The number of benzene rings is 3. The van der Waals surface area contributed by atoms with Gasteiger partial charge in [-0.3, -0.25) is 13.9 Å². The van der Waals surface area contributed by atoms with Crippen molar-refractivity contribution in [3.05, 3.63) is 101 Å². The molecule has 0 spiro atoms. The van der Waals surface area contributed by atoms with Crippen molar-refractivity contribution in [3.63, 3.8) is 0 Å². The highest BCUT2D eigenvalue weighted by atomic mass is 32.2. The van der Waals surface area contributed by atoms with Gasteiger partial charge in [0, 0.05) is 32.0 Å². The number of rotatable bonds is 13. The van der Waals surface area contributed by atoms with Gasteiger partial charge in [-0.25, -0.2) is 8.42 Å².